The first-order chi connectivity index (χ1) is 9.61. The molecule has 104 valence electrons. The highest BCUT2D eigenvalue weighted by atomic mass is 19.1. The molecule has 0 saturated carbocycles. The second kappa shape index (κ2) is 6.06. The molecule has 20 heavy (non-hydrogen) atoms. The van der Waals surface area contributed by atoms with Crippen LogP contribution in [0.3, 0.4) is 0 Å². The Balaban J connectivity index is 2.13. The second-order valence-electron chi connectivity index (χ2n) is 4.07. The predicted molar refractivity (Wildman–Crippen MR) is 70.2 cm³/mol. The van der Waals surface area contributed by atoms with E-state index >= 15 is 0 Å². The van der Waals surface area contributed by atoms with Gasteiger partial charge in [-0.3, -0.25) is 0 Å². The van der Waals surface area contributed by atoms with Crippen LogP contribution in [0, 0.1) is 5.82 Å². The maximum Gasteiger partial charge on any atom is 0.345 e. The zero-order valence-corrected chi connectivity index (χ0v) is 10.8. The van der Waals surface area contributed by atoms with Gasteiger partial charge in [0.2, 0.25) is 0 Å². The van der Waals surface area contributed by atoms with Crippen molar-refractivity contribution >= 4 is 5.97 Å². The van der Waals surface area contributed by atoms with Gasteiger partial charge in [-0.25, -0.2) is 9.18 Å². The Kier molecular flexibility index (Phi) is 4.20. The van der Waals surface area contributed by atoms with E-state index in [1.807, 2.05) is 6.07 Å². The van der Waals surface area contributed by atoms with Crippen LogP contribution < -0.4 is 4.74 Å². The molecule has 0 aliphatic carbocycles. The van der Waals surface area contributed by atoms with Gasteiger partial charge in [-0.1, -0.05) is 30.3 Å². The predicted octanol–water partition coefficient (Wildman–Crippen LogP) is 2.90. The van der Waals surface area contributed by atoms with Gasteiger partial charge >= 0.3 is 5.97 Å². The molecule has 2 aromatic carbocycles. The number of halogens is 1. The lowest BCUT2D eigenvalue weighted by Gasteiger charge is -2.09. The Labute approximate surface area is 115 Å². The lowest BCUT2D eigenvalue weighted by molar-refractivity contribution is 0.0463. The average Bonchev–Trinajstić information content (AvgIpc) is 2.45. The Morgan fingerprint density at radius 3 is 2.55 bits per heavy atom. The van der Waals surface area contributed by atoms with Crippen molar-refractivity contribution in [1.29, 1.82) is 0 Å². The van der Waals surface area contributed by atoms with Crippen molar-refractivity contribution < 1.29 is 23.8 Å². The van der Waals surface area contributed by atoms with Gasteiger partial charge in [0.25, 0.3) is 0 Å². The molecule has 0 spiro atoms. The van der Waals surface area contributed by atoms with Gasteiger partial charge in [-0.2, -0.15) is 0 Å². The zero-order chi connectivity index (χ0) is 14.5. The summed E-state index contributed by atoms with van der Waals surface area (Å²) in [6.45, 7) is 0.00455. The fourth-order valence-electron chi connectivity index (χ4n) is 1.68. The Morgan fingerprint density at radius 2 is 1.95 bits per heavy atom. The summed E-state index contributed by atoms with van der Waals surface area (Å²) in [6.07, 6.45) is 0. The highest BCUT2D eigenvalue weighted by Crippen LogP contribution is 2.27. The minimum atomic E-state index is -0.925. The van der Waals surface area contributed by atoms with Crippen LogP contribution >= 0.6 is 0 Å². The monoisotopic (exact) mass is 276 g/mol. The van der Waals surface area contributed by atoms with Crippen molar-refractivity contribution in [1.82, 2.24) is 0 Å². The molecule has 0 aliphatic rings. The van der Waals surface area contributed by atoms with Crippen molar-refractivity contribution in [2.45, 2.75) is 6.61 Å². The smallest absolute Gasteiger partial charge is 0.345 e. The summed E-state index contributed by atoms with van der Waals surface area (Å²) in [7, 11) is 1.33. The molecule has 0 fully saturated rings. The van der Waals surface area contributed by atoms with E-state index in [0.717, 1.165) is 17.7 Å². The van der Waals surface area contributed by atoms with E-state index in [2.05, 4.69) is 0 Å². The van der Waals surface area contributed by atoms with Gasteiger partial charge in [0, 0.05) is 12.1 Å². The zero-order valence-electron chi connectivity index (χ0n) is 10.8. The molecular formula is C15H13FO4. The largest absolute Gasteiger partial charge is 0.507 e. The van der Waals surface area contributed by atoms with Crippen LogP contribution in [0.15, 0.2) is 42.5 Å². The quantitative estimate of drug-likeness (QED) is 0.872. The Hall–Kier alpha value is -2.56. The lowest BCUT2D eigenvalue weighted by atomic mass is 10.1. The molecule has 0 aliphatic heterocycles. The number of ether oxygens (including phenoxy) is 2. The molecule has 1 N–H and O–H groups in total. The number of methoxy groups -OCH3 is 1. The summed E-state index contributed by atoms with van der Waals surface area (Å²) in [6, 6.07) is 11.2. The first-order valence-corrected chi connectivity index (χ1v) is 5.89. The summed E-state index contributed by atoms with van der Waals surface area (Å²) in [5, 5.41) is 9.65. The minimum absolute atomic E-state index is 0.00455. The fourth-order valence-corrected chi connectivity index (χ4v) is 1.68. The standard InChI is InChI=1S/C15H13FO4/c1-19-11-7-12(16)14(13(17)8-11)15(18)20-9-10-5-3-2-4-6-10/h2-8,17H,9H2,1H3. The van der Waals surface area contributed by atoms with E-state index in [-0.39, 0.29) is 12.4 Å². The van der Waals surface area contributed by atoms with Crippen LogP contribution in [0.2, 0.25) is 0 Å². The second-order valence-corrected chi connectivity index (χ2v) is 4.07. The van der Waals surface area contributed by atoms with Crippen LogP contribution in [-0.4, -0.2) is 18.2 Å². The Bertz CT molecular complexity index is 588. The Morgan fingerprint density at radius 1 is 1.25 bits per heavy atom. The van der Waals surface area contributed by atoms with Gasteiger partial charge < -0.3 is 14.6 Å². The van der Waals surface area contributed by atoms with E-state index in [0.29, 0.717) is 0 Å². The first-order valence-electron chi connectivity index (χ1n) is 5.89. The fraction of sp³-hybridized carbons (Fsp3) is 0.133. The molecule has 4 nitrogen and oxygen atoms in total. The summed E-state index contributed by atoms with van der Waals surface area (Å²) < 4.78 is 23.5. The number of hydrogen-bond acceptors (Lipinski definition) is 4. The molecule has 0 atom stereocenters. The van der Waals surface area contributed by atoms with Gasteiger partial charge in [0.05, 0.1) is 7.11 Å². The lowest BCUT2D eigenvalue weighted by Crippen LogP contribution is -2.08. The van der Waals surface area contributed by atoms with Crippen LogP contribution in [0.1, 0.15) is 15.9 Å². The SMILES string of the molecule is COc1cc(O)c(C(=O)OCc2ccccc2)c(F)c1. The average molecular weight is 276 g/mol. The van der Waals surface area contributed by atoms with Crippen LogP contribution in [-0.2, 0) is 11.3 Å². The number of benzene rings is 2. The normalized spacial score (nSPS) is 10.1. The van der Waals surface area contributed by atoms with E-state index in [4.69, 9.17) is 9.47 Å². The summed E-state index contributed by atoms with van der Waals surface area (Å²) in [4.78, 5) is 11.8. The molecule has 0 heterocycles. The molecule has 0 radical (unpaired) electrons. The molecule has 2 rings (SSSR count). The molecule has 0 aromatic heterocycles. The molecule has 0 unspecified atom stereocenters. The van der Waals surface area contributed by atoms with Gasteiger partial charge in [0.15, 0.2) is 0 Å². The molecule has 0 amide bonds. The number of rotatable bonds is 4. The number of carbonyl (C=O) groups is 1. The molecule has 0 saturated heterocycles. The molecule has 2 aromatic rings. The summed E-state index contributed by atoms with van der Waals surface area (Å²) in [5.74, 6) is -2.20. The maximum absolute atomic E-state index is 13.7. The number of hydrogen-bond donors (Lipinski definition) is 1. The van der Waals surface area contributed by atoms with Crippen molar-refractivity contribution in [2.75, 3.05) is 7.11 Å². The first kappa shape index (κ1) is 13.9. The van der Waals surface area contributed by atoms with Crippen LogP contribution in [0.4, 0.5) is 4.39 Å². The van der Waals surface area contributed by atoms with E-state index in [1.54, 1.807) is 24.3 Å². The number of phenolic OH excluding ortho intramolecular Hbond substituents is 1. The van der Waals surface area contributed by atoms with Gasteiger partial charge in [0.1, 0.15) is 29.5 Å². The molecule has 0 bridgehead atoms. The third-order valence-corrected chi connectivity index (χ3v) is 2.70. The van der Waals surface area contributed by atoms with E-state index in [1.165, 1.54) is 7.11 Å². The summed E-state index contributed by atoms with van der Waals surface area (Å²) in [5.41, 5.74) is 0.274. The van der Waals surface area contributed by atoms with Crippen molar-refractivity contribution in [2.24, 2.45) is 0 Å². The van der Waals surface area contributed by atoms with Crippen LogP contribution in [0.25, 0.3) is 0 Å². The van der Waals surface area contributed by atoms with Crippen molar-refractivity contribution in [3.8, 4) is 11.5 Å². The number of esters is 1. The van der Waals surface area contributed by atoms with Crippen LogP contribution in [0.5, 0.6) is 11.5 Å². The van der Waals surface area contributed by atoms with Crippen molar-refractivity contribution in [3.63, 3.8) is 0 Å². The third-order valence-electron chi connectivity index (χ3n) is 2.70. The molecular weight excluding hydrogens is 263 g/mol. The van der Waals surface area contributed by atoms with E-state index in [9.17, 15) is 14.3 Å². The topological polar surface area (TPSA) is 55.8 Å². The number of carbonyl (C=O) groups excluding carboxylic acids is 1. The van der Waals surface area contributed by atoms with E-state index < -0.39 is 23.1 Å². The minimum Gasteiger partial charge on any atom is -0.507 e. The molecule has 5 heteroatoms. The van der Waals surface area contributed by atoms with Gasteiger partial charge in [-0.05, 0) is 5.56 Å². The maximum atomic E-state index is 13.7. The highest BCUT2D eigenvalue weighted by molar-refractivity contribution is 5.93. The number of phenols is 1. The highest BCUT2D eigenvalue weighted by Gasteiger charge is 2.20. The number of aromatic hydroxyl groups is 1. The van der Waals surface area contributed by atoms with Gasteiger partial charge in [-0.15, -0.1) is 0 Å². The summed E-state index contributed by atoms with van der Waals surface area (Å²) >= 11 is 0. The van der Waals surface area contributed by atoms with Crippen molar-refractivity contribution in [3.05, 3.63) is 59.4 Å². The third kappa shape index (κ3) is 3.06.